The lowest BCUT2D eigenvalue weighted by Crippen LogP contribution is -2.69. The maximum absolute atomic E-state index is 14.2. The van der Waals surface area contributed by atoms with Crippen molar-refractivity contribution in [2.75, 3.05) is 58.1 Å². The van der Waals surface area contributed by atoms with Crippen molar-refractivity contribution in [3.63, 3.8) is 0 Å². The number of phenolic OH excluding ortho intramolecular Hbond substituents is 1. The zero-order valence-corrected chi connectivity index (χ0v) is 40.0. The summed E-state index contributed by atoms with van der Waals surface area (Å²) in [6, 6.07) is 15.0. The Labute approximate surface area is 396 Å². The number of carbonyl (C=O) groups is 3. The molecule has 4 saturated heterocycles. The predicted molar refractivity (Wildman–Crippen MR) is 263 cm³/mol. The van der Waals surface area contributed by atoms with Gasteiger partial charge >= 0.3 is 6.03 Å². The summed E-state index contributed by atoms with van der Waals surface area (Å²) in [5.41, 5.74) is 19.1. The molecule has 8 N–H and O–H groups in total. The number of amides is 4. The largest absolute Gasteiger partial charge is 0.507 e. The molecule has 6 heterocycles. The van der Waals surface area contributed by atoms with E-state index in [1.165, 1.54) is 24.1 Å². The number of fused-ring (bicyclic) bond motifs is 1. The molecular weight excluding hydrogens is 841 g/mol. The molecule has 67 heavy (non-hydrogen) atoms. The number of terminal acetylenes is 1. The van der Waals surface area contributed by atoms with E-state index in [2.05, 4.69) is 43.2 Å². The minimum atomic E-state index is -0.755. The molecule has 358 valence electrons. The van der Waals surface area contributed by atoms with Gasteiger partial charge in [-0.05, 0) is 124 Å². The van der Waals surface area contributed by atoms with Crippen molar-refractivity contribution in [1.82, 2.24) is 40.1 Å². The fourth-order valence-electron chi connectivity index (χ4n) is 12.4. The van der Waals surface area contributed by atoms with Crippen LogP contribution in [-0.4, -0.2) is 135 Å². The van der Waals surface area contributed by atoms with Gasteiger partial charge in [-0.15, -0.1) is 6.42 Å². The van der Waals surface area contributed by atoms with Gasteiger partial charge in [-0.25, -0.2) is 4.79 Å². The molecule has 5 aliphatic heterocycles. The molecule has 3 aromatic rings. The molecule has 1 spiro atoms. The number of nitrogens with zero attached hydrogens (tertiary/aromatic N) is 5. The highest BCUT2D eigenvalue weighted by atomic mass is 16.3. The number of carbonyl (C=O) groups excluding carboxylic acids is 3. The molecule has 14 nitrogen and oxygen atoms in total. The zero-order chi connectivity index (χ0) is 47.2. The number of phenols is 1. The Morgan fingerprint density at radius 1 is 0.925 bits per heavy atom. The number of rotatable bonds is 10. The molecule has 14 heteroatoms. The fraction of sp³-hybridized carbons (Fsp3) is 0.566. The van der Waals surface area contributed by atoms with Crippen molar-refractivity contribution >= 4 is 35.4 Å². The molecule has 6 aliphatic rings. The Hall–Kier alpha value is -5.49. The van der Waals surface area contributed by atoms with Gasteiger partial charge in [-0.2, -0.15) is 0 Å². The van der Waals surface area contributed by atoms with E-state index in [-0.39, 0.29) is 29.6 Å². The van der Waals surface area contributed by atoms with Gasteiger partial charge in [0.05, 0.1) is 0 Å². The fourth-order valence-corrected chi connectivity index (χ4v) is 12.4. The van der Waals surface area contributed by atoms with Crippen molar-refractivity contribution in [2.24, 2.45) is 16.6 Å². The van der Waals surface area contributed by atoms with Crippen molar-refractivity contribution in [3.05, 3.63) is 82.0 Å². The van der Waals surface area contributed by atoms with Crippen molar-refractivity contribution in [2.45, 2.75) is 128 Å². The third kappa shape index (κ3) is 9.52. The lowest BCUT2D eigenvalue weighted by molar-refractivity contribution is -0.142. The zero-order valence-electron chi connectivity index (χ0n) is 40.0. The number of aromatic hydroxyl groups is 1. The van der Waals surface area contributed by atoms with Crippen molar-refractivity contribution in [1.29, 1.82) is 0 Å². The highest BCUT2D eigenvalue weighted by molar-refractivity contribution is 5.93. The molecule has 0 bridgehead atoms. The number of urea groups is 1. The number of aromatic amines is 1. The average molecular weight is 913 g/mol. The number of aromatic nitrogens is 1. The predicted octanol–water partition coefficient (Wildman–Crippen LogP) is 5.48. The topological polar surface area (TPSA) is 180 Å². The maximum Gasteiger partial charge on any atom is 0.318 e. The van der Waals surface area contributed by atoms with E-state index in [0.29, 0.717) is 73.2 Å². The molecule has 2 aromatic carbocycles. The number of hydrogen-bond acceptors (Lipinski definition) is 9. The molecule has 1 saturated carbocycles. The van der Waals surface area contributed by atoms with E-state index in [4.69, 9.17) is 17.9 Å². The molecule has 1 aromatic heterocycles. The summed E-state index contributed by atoms with van der Waals surface area (Å²) >= 11 is 0. The number of likely N-dealkylation sites (tertiary alicyclic amines) is 4. The van der Waals surface area contributed by atoms with Crippen LogP contribution in [0.3, 0.4) is 0 Å². The summed E-state index contributed by atoms with van der Waals surface area (Å²) in [5, 5.41) is 16.5. The van der Waals surface area contributed by atoms with E-state index < -0.39 is 17.5 Å². The van der Waals surface area contributed by atoms with Gasteiger partial charge in [-0.1, -0.05) is 51.0 Å². The van der Waals surface area contributed by atoms with Gasteiger partial charge in [-0.3, -0.25) is 19.4 Å². The normalized spacial score (nSPS) is 23.8. The second-order valence-electron chi connectivity index (χ2n) is 21.6. The maximum atomic E-state index is 14.2. The molecule has 0 radical (unpaired) electrons. The number of nitrogen functional groups attached to an aromatic ring is 1. The van der Waals surface area contributed by atoms with Crippen LogP contribution in [0.15, 0.2) is 48.5 Å². The Balaban J connectivity index is 0.707. The van der Waals surface area contributed by atoms with E-state index in [0.717, 1.165) is 87.9 Å². The Morgan fingerprint density at radius 2 is 1.61 bits per heavy atom. The summed E-state index contributed by atoms with van der Waals surface area (Å²) in [4.78, 5) is 56.4. The first-order valence-electron chi connectivity index (χ1n) is 24.8. The number of H-pyrrole nitrogens is 1. The van der Waals surface area contributed by atoms with E-state index in [9.17, 15) is 19.5 Å². The highest BCUT2D eigenvalue weighted by Gasteiger charge is 2.55. The summed E-state index contributed by atoms with van der Waals surface area (Å²) in [6.45, 7) is 16.0. The number of hydrogen-bond donors (Lipinski definition) is 6. The van der Waals surface area contributed by atoms with Crippen LogP contribution in [0.5, 0.6) is 5.75 Å². The SMILES string of the molecule is C#Cc1ccc(CNC(=O)C2CCCN2C(=O)C(NC(=O)N2CCC(N3CC4(CC(N5CCC(N6CCc7[nH]c(N)c(/C=C(\N)c8ccccc8O)c7C6C)CC5)C4)C3)CC2)C(C)(C)C)cc1. The number of nitrogens with one attached hydrogen (secondary N) is 3. The number of nitrogens with two attached hydrogens (primary N) is 2. The first-order valence-corrected chi connectivity index (χ1v) is 24.8. The summed E-state index contributed by atoms with van der Waals surface area (Å²) in [7, 11) is 0. The third-order valence-electron chi connectivity index (χ3n) is 16.2. The second kappa shape index (κ2) is 18.9. The van der Waals surface area contributed by atoms with Gasteiger partial charge in [0, 0.05) is 104 Å². The third-order valence-corrected chi connectivity index (χ3v) is 16.2. The standard InChI is InChI=1S/C53H72N10O4/c1-6-35-13-15-36(16-14-35)31-56-49(65)44-11-9-22-63(44)50(66)47(52(3,4)5)58-51(67)60-25-17-37(18-26-60)61-32-53(33-61)29-39(30-53)59-23-19-38(20-24-59)62-27-21-43-46(34(62)2)41(48(55)57-43)28-42(54)40-10-7-8-12-45(40)64/h1,7-8,10,12-16,28,34,37-39,44,47,57,64H,9,11,17-27,29-33,54-55H2,2-5H3,(H,56,65)(H,58,67)/b42-28-. The van der Waals surface area contributed by atoms with Crippen LogP contribution in [-0.2, 0) is 22.6 Å². The lowest BCUT2D eigenvalue weighted by atomic mass is 9.59. The van der Waals surface area contributed by atoms with Gasteiger partial charge in [0.15, 0.2) is 0 Å². The van der Waals surface area contributed by atoms with Crippen LogP contribution in [0.4, 0.5) is 10.6 Å². The first-order chi connectivity index (χ1) is 32.1. The van der Waals surface area contributed by atoms with E-state index in [1.807, 2.05) is 68.1 Å². The lowest BCUT2D eigenvalue weighted by Gasteiger charge is -2.63. The molecule has 3 unspecified atom stereocenters. The minimum absolute atomic E-state index is 0.160. The quantitative estimate of drug-likeness (QED) is 0.144. The number of benzene rings is 2. The number of para-hydroxylation sites is 1. The van der Waals surface area contributed by atoms with Crippen LogP contribution >= 0.6 is 0 Å². The first kappa shape index (κ1) is 46.6. The molecule has 5 fully saturated rings. The molecule has 9 rings (SSSR count). The number of anilines is 1. The second-order valence-corrected chi connectivity index (χ2v) is 21.6. The van der Waals surface area contributed by atoms with Crippen LogP contribution in [0, 0.1) is 23.2 Å². The smallest absolute Gasteiger partial charge is 0.318 e. The van der Waals surface area contributed by atoms with E-state index >= 15 is 0 Å². The van der Waals surface area contributed by atoms with Crippen LogP contribution in [0.25, 0.3) is 11.8 Å². The monoisotopic (exact) mass is 913 g/mol. The van der Waals surface area contributed by atoms with Gasteiger partial charge < -0.3 is 46.9 Å². The molecule has 1 aliphatic carbocycles. The molecule has 3 atom stereocenters. The summed E-state index contributed by atoms with van der Waals surface area (Å²) in [5.74, 6) is 3.02. The van der Waals surface area contributed by atoms with Crippen molar-refractivity contribution in [3.8, 4) is 18.1 Å². The Bertz CT molecular complexity index is 2370. The Morgan fingerprint density at radius 3 is 2.28 bits per heavy atom. The van der Waals surface area contributed by atoms with Gasteiger partial charge in [0.1, 0.15) is 23.7 Å². The summed E-state index contributed by atoms with van der Waals surface area (Å²) < 4.78 is 0. The highest BCUT2D eigenvalue weighted by Crippen LogP contribution is 2.52. The Kier molecular flexibility index (Phi) is 13.1. The van der Waals surface area contributed by atoms with Crippen LogP contribution < -0.4 is 22.1 Å². The number of piperidine rings is 2. The van der Waals surface area contributed by atoms with Gasteiger partial charge in [0.2, 0.25) is 11.8 Å². The summed E-state index contributed by atoms with van der Waals surface area (Å²) in [6.07, 6.45) is 16.4. The average Bonchev–Trinajstić information content (AvgIpc) is 3.91. The molecular formula is C53H72N10O4. The minimum Gasteiger partial charge on any atom is -0.507 e. The van der Waals surface area contributed by atoms with Gasteiger partial charge in [0.25, 0.3) is 0 Å². The molecule has 4 amide bonds. The van der Waals surface area contributed by atoms with Crippen LogP contribution in [0.1, 0.15) is 119 Å². The van der Waals surface area contributed by atoms with E-state index in [1.54, 1.807) is 17.0 Å². The van der Waals surface area contributed by atoms with Crippen LogP contribution in [0.2, 0.25) is 0 Å². The van der Waals surface area contributed by atoms with Crippen molar-refractivity contribution < 1.29 is 19.5 Å².